The van der Waals surface area contributed by atoms with Gasteiger partial charge in [-0.25, -0.2) is 4.98 Å². The summed E-state index contributed by atoms with van der Waals surface area (Å²) in [4.78, 5) is 9.02. The van der Waals surface area contributed by atoms with Crippen LogP contribution in [0.25, 0.3) is 10.8 Å². The fourth-order valence-electron chi connectivity index (χ4n) is 4.43. The zero-order valence-corrected chi connectivity index (χ0v) is 19.1. The largest absolute Gasteiger partial charge is 0.351 e. The van der Waals surface area contributed by atoms with Crippen LogP contribution in [0, 0.1) is 11.3 Å². The van der Waals surface area contributed by atoms with E-state index in [0.717, 1.165) is 54.2 Å². The summed E-state index contributed by atoms with van der Waals surface area (Å²) in [7, 11) is 0. The van der Waals surface area contributed by atoms with Gasteiger partial charge in [0.25, 0.3) is 0 Å². The van der Waals surface area contributed by atoms with Gasteiger partial charge in [-0.05, 0) is 36.8 Å². The maximum Gasteiger partial charge on any atom is 0.159 e. The molecule has 0 amide bonds. The molecule has 4 aromatic rings. The van der Waals surface area contributed by atoms with E-state index in [9.17, 15) is 0 Å². The van der Waals surface area contributed by atoms with E-state index in [0.29, 0.717) is 10.6 Å². The van der Waals surface area contributed by atoms with Crippen LogP contribution in [0.15, 0.2) is 66.9 Å². The van der Waals surface area contributed by atoms with Gasteiger partial charge >= 0.3 is 0 Å². The molecule has 1 unspecified atom stereocenters. The maximum absolute atomic E-state index is 9.03. The number of pyridine rings is 1. The Hall–Kier alpha value is -3.69. The number of benzene rings is 2. The van der Waals surface area contributed by atoms with E-state index in [2.05, 4.69) is 56.2 Å². The Balaban J connectivity index is 1.43. The number of fused-ring (bicyclic) bond motifs is 1. The second-order valence-electron chi connectivity index (χ2n) is 8.33. The smallest absolute Gasteiger partial charge is 0.159 e. The van der Waals surface area contributed by atoms with Gasteiger partial charge in [0.05, 0.1) is 11.3 Å². The SMILES string of the molecule is CC1CN(c2nnc(Cc3ccccc3)c3ccc(Cl)cc23)CCN1c1ccc(C#N)cn1. The van der Waals surface area contributed by atoms with Crippen LogP contribution in [0.3, 0.4) is 0 Å². The minimum atomic E-state index is 0.221. The van der Waals surface area contributed by atoms with Crippen molar-refractivity contribution in [3.63, 3.8) is 0 Å². The third-order valence-electron chi connectivity index (χ3n) is 6.11. The molecule has 1 atom stereocenters. The lowest BCUT2D eigenvalue weighted by molar-refractivity contribution is 0.542. The Kier molecular flexibility index (Phi) is 5.80. The molecule has 0 N–H and O–H groups in total. The first-order valence-corrected chi connectivity index (χ1v) is 11.4. The number of piperazine rings is 1. The number of nitrogens with zero attached hydrogens (tertiary/aromatic N) is 6. The molecule has 1 aliphatic rings. The molecular formula is C26H23ClN6. The van der Waals surface area contributed by atoms with E-state index >= 15 is 0 Å². The van der Waals surface area contributed by atoms with E-state index in [1.54, 1.807) is 6.20 Å². The molecule has 0 aliphatic carbocycles. The van der Waals surface area contributed by atoms with E-state index in [1.165, 1.54) is 5.56 Å². The summed E-state index contributed by atoms with van der Waals surface area (Å²) in [6, 6.07) is 22.3. The normalized spacial score (nSPS) is 16.1. The molecule has 0 saturated carbocycles. The molecule has 1 aliphatic heterocycles. The minimum absolute atomic E-state index is 0.221. The number of hydrogen-bond acceptors (Lipinski definition) is 6. The molecule has 0 radical (unpaired) electrons. The third-order valence-corrected chi connectivity index (χ3v) is 6.35. The monoisotopic (exact) mass is 454 g/mol. The number of anilines is 2. The summed E-state index contributed by atoms with van der Waals surface area (Å²) < 4.78 is 0. The Labute approximate surface area is 198 Å². The van der Waals surface area contributed by atoms with E-state index in [-0.39, 0.29) is 6.04 Å². The average Bonchev–Trinajstić information content (AvgIpc) is 2.85. The highest BCUT2D eigenvalue weighted by atomic mass is 35.5. The first-order valence-electron chi connectivity index (χ1n) is 11.0. The summed E-state index contributed by atoms with van der Waals surface area (Å²) in [6.07, 6.45) is 2.35. The average molecular weight is 455 g/mol. The molecule has 164 valence electrons. The lowest BCUT2D eigenvalue weighted by Crippen LogP contribution is -2.52. The Bertz CT molecular complexity index is 1320. The second kappa shape index (κ2) is 9.05. The highest BCUT2D eigenvalue weighted by Crippen LogP contribution is 2.31. The Morgan fingerprint density at radius 2 is 1.88 bits per heavy atom. The third kappa shape index (κ3) is 4.33. The van der Waals surface area contributed by atoms with Gasteiger partial charge in [0.2, 0.25) is 0 Å². The summed E-state index contributed by atoms with van der Waals surface area (Å²) in [5.74, 6) is 1.75. The van der Waals surface area contributed by atoms with Gasteiger partial charge in [-0.2, -0.15) is 10.4 Å². The predicted molar refractivity (Wildman–Crippen MR) is 132 cm³/mol. The molecule has 5 rings (SSSR count). The van der Waals surface area contributed by atoms with E-state index in [4.69, 9.17) is 16.9 Å². The fourth-order valence-corrected chi connectivity index (χ4v) is 4.61. The van der Waals surface area contributed by atoms with Crippen LogP contribution in [0.1, 0.15) is 23.7 Å². The van der Waals surface area contributed by atoms with Gasteiger partial charge < -0.3 is 9.80 Å². The highest BCUT2D eigenvalue weighted by Gasteiger charge is 2.27. The van der Waals surface area contributed by atoms with Crippen molar-refractivity contribution in [2.24, 2.45) is 0 Å². The van der Waals surface area contributed by atoms with Gasteiger partial charge in [-0.1, -0.05) is 48.0 Å². The van der Waals surface area contributed by atoms with Gasteiger partial charge in [-0.3, -0.25) is 0 Å². The first kappa shape index (κ1) is 21.2. The van der Waals surface area contributed by atoms with Crippen LogP contribution in [0.4, 0.5) is 11.6 Å². The van der Waals surface area contributed by atoms with Crippen LogP contribution in [0.2, 0.25) is 5.02 Å². The zero-order valence-electron chi connectivity index (χ0n) is 18.3. The van der Waals surface area contributed by atoms with Crippen molar-refractivity contribution in [3.05, 3.63) is 88.7 Å². The Morgan fingerprint density at radius 3 is 2.61 bits per heavy atom. The molecule has 1 saturated heterocycles. The molecule has 2 aromatic heterocycles. The zero-order chi connectivity index (χ0) is 22.8. The Morgan fingerprint density at radius 1 is 1.03 bits per heavy atom. The molecule has 0 spiro atoms. The van der Waals surface area contributed by atoms with Gasteiger partial charge in [-0.15, -0.1) is 5.10 Å². The number of halogens is 1. The number of hydrogen-bond donors (Lipinski definition) is 0. The number of aromatic nitrogens is 3. The standard InChI is InChI=1S/C26H23ClN6/c1-18-17-32(11-12-33(18)25-10-7-20(15-28)16-29-25)26-23-14-21(27)8-9-22(23)24(30-31-26)13-19-5-3-2-4-6-19/h2-10,14,16,18H,11-13,17H2,1H3. The molecule has 3 heterocycles. The molecule has 33 heavy (non-hydrogen) atoms. The first-order chi connectivity index (χ1) is 16.1. The summed E-state index contributed by atoms with van der Waals surface area (Å²) in [6.45, 7) is 4.56. The van der Waals surface area contributed by atoms with Gasteiger partial charge in [0.1, 0.15) is 11.9 Å². The van der Waals surface area contributed by atoms with E-state index in [1.807, 2.05) is 42.5 Å². The molecular weight excluding hydrogens is 432 g/mol. The van der Waals surface area contributed by atoms with Crippen LogP contribution in [-0.2, 0) is 6.42 Å². The lowest BCUT2D eigenvalue weighted by Gasteiger charge is -2.41. The van der Waals surface area contributed by atoms with Crippen molar-refractivity contribution in [2.45, 2.75) is 19.4 Å². The summed E-state index contributed by atoms with van der Waals surface area (Å²) >= 11 is 6.39. The maximum atomic E-state index is 9.03. The second-order valence-corrected chi connectivity index (χ2v) is 8.76. The van der Waals surface area contributed by atoms with Crippen molar-refractivity contribution < 1.29 is 0 Å². The van der Waals surface area contributed by atoms with Gasteiger partial charge in [0, 0.05) is 54.1 Å². The molecule has 0 bridgehead atoms. The van der Waals surface area contributed by atoms with E-state index < -0.39 is 0 Å². The lowest BCUT2D eigenvalue weighted by atomic mass is 10.0. The molecule has 1 fully saturated rings. The predicted octanol–water partition coefficient (Wildman–Crippen LogP) is 4.86. The molecule has 6 nitrogen and oxygen atoms in total. The summed E-state index contributed by atoms with van der Waals surface area (Å²) in [5, 5.41) is 21.1. The summed E-state index contributed by atoms with van der Waals surface area (Å²) in [5.41, 5.74) is 2.72. The van der Waals surface area contributed by atoms with Crippen molar-refractivity contribution in [2.75, 3.05) is 29.4 Å². The van der Waals surface area contributed by atoms with Crippen LogP contribution in [-0.4, -0.2) is 40.9 Å². The van der Waals surface area contributed by atoms with Crippen LogP contribution >= 0.6 is 11.6 Å². The van der Waals surface area contributed by atoms with Crippen molar-refractivity contribution in [1.82, 2.24) is 15.2 Å². The fraction of sp³-hybridized carbons (Fsp3) is 0.231. The highest BCUT2D eigenvalue weighted by molar-refractivity contribution is 6.31. The van der Waals surface area contributed by atoms with Gasteiger partial charge in [0.15, 0.2) is 5.82 Å². The number of nitriles is 1. The molecule has 7 heteroatoms. The van der Waals surface area contributed by atoms with Crippen molar-refractivity contribution >= 4 is 34.0 Å². The van der Waals surface area contributed by atoms with Crippen LogP contribution in [0.5, 0.6) is 0 Å². The number of rotatable bonds is 4. The van der Waals surface area contributed by atoms with Crippen molar-refractivity contribution in [1.29, 1.82) is 5.26 Å². The topological polar surface area (TPSA) is 68.9 Å². The van der Waals surface area contributed by atoms with Crippen molar-refractivity contribution in [3.8, 4) is 6.07 Å². The van der Waals surface area contributed by atoms with Crippen LogP contribution < -0.4 is 9.80 Å². The molecule has 2 aromatic carbocycles. The minimum Gasteiger partial charge on any atom is -0.351 e. The quantitative estimate of drug-likeness (QED) is 0.438.